The molecule has 1 N–H and O–H groups in total. The lowest BCUT2D eigenvalue weighted by atomic mass is 9.96. The smallest absolute Gasteiger partial charge is 0.223 e. The molecule has 1 aliphatic rings. The molecule has 3 aromatic rings. The van der Waals surface area contributed by atoms with Gasteiger partial charge in [-0.05, 0) is 44.0 Å². The minimum absolute atomic E-state index is 0.481. The van der Waals surface area contributed by atoms with E-state index in [2.05, 4.69) is 15.4 Å². The van der Waals surface area contributed by atoms with Gasteiger partial charge in [0.05, 0.1) is 17.1 Å². The van der Waals surface area contributed by atoms with Gasteiger partial charge in [-0.15, -0.1) is 0 Å². The summed E-state index contributed by atoms with van der Waals surface area (Å²) in [5.74, 6) is 0.698. The highest BCUT2D eigenvalue weighted by molar-refractivity contribution is 6.30. The average Bonchev–Trinajstić information content (AvgIpc) is 3.05. The van der Waals surface area contributed by atoms with Crippen LogP contribution in [0.1, 0.15) is 37.8 Å². The van der Waals surface area contributed by atoms with Crippen molar-refractivity contribution in [3.63, 3.8) is 0 Å². The van der Waals surface area contributed by atoms with Crippen molar-refractivity contribution < 1.29 is 0 Å². The van der Waals surface area contributed by atoms with Crippen molar-refractivity contribution >= 4 is 17.5 Å². The third-order valence-corrected chi connectivity index (χ3v) is 5.08. The van der Waals surface area contributed by atoms with Crippen LogP contribution in [0.3, 0.4) is 0 Å². The van der Waals surface area contributed by atoms with Crippen LogP contribution in [0, 0.1) is 6.92 Å². The first-order chi connectivity index (χ1) is 12.7. The molecule has 26 heavy (non-hydrogen) atoms. The molecule has 0 bridgehead atoms. The van der Waals surface area contributed by atoms with Gasteiger partial charge in [-0.1, -0.05) is 36.9 Å². The number of nitrogens with one attached hydrogen (secondary N) is 1. The van der Waals surface area contributed by atoms with Crippen LogP contribution < -0.4 is 5.32 Å². The summed E-state index contributed by atoms with van der Waals surface area (Å²) >= 11 is 6.10. The Morgan fingerprint density at radius 3 is 2.81 bits per heavy atom. The summed E-state index contributed by atoms with van der Waals surface area (Å²) in [7, 11) is 0. The molecule has 1 saturated carbocycles. The quantitative estimate of drug-likeness (QED) is 0.702. The van der Waals surface area contributed by atoms with Gasteiger partial charge in [0.2, 0.25) is 5.95 Å². The molecule has 4 rings (SSSR count). The Morgan fingerprint density at radius 2 is 2.00 bits per heavy atom. The van der Waals surface area contributed by atoms with Crippen LogP contribution in [0.25, 0.3) is 16.9 Å². The zero-order valence-electron chi connectivity index (χ0n) is 14.8. The molecule has 1 aliphatic carbocycles. The van der Waals surface area contributed by atoms with E-state index < -0.39 is 0 Å². The predicted octanol–water partition coefficient (Wildman–Crippen LogP) is 5.04. The fraction of sp³-hybridized carbons (Fsp3) is 0.350. The van der Waals surface area contributed by atoms with Gasteiger partial charge in [0.15, 0.2) is 0 Å². The number of nitrogens with zero attached hydrogens (tertiary/aromatic N) is 4. The standard InChI is InChI=1S/C20H22ClN5/c1-14-18(13-26(25-14)17-9-5-6-15(21)12-17)19-10-11-22-20(24-19)23-16-7-3-2-4-8-16/h5-6,9-13,16H,2-4,7-8H2,1H3,(H,22,23,24). The zero-order valence-corrected chi connectivity index (χ0v) is 15.6. The second-order valence-corrected chi connectivity index (χ2v) is 7.23. The molecule has 0 aliphatic heterocycles. The number of aryl methyl sites for hydroxylation is 1. The van der Waals surface area contributed by atoms with Gasteiger partial charge in [-0.2, -0.15) is 5.10 Å². The van der Waals surface area contributed by atoms with Gasteiger partial charge in [-0.25, -0.2) is 14.6 Å². The molecule has 0 spiro atoms. The van der Waals surface area contributed by atoms with Gasteiger partial charge in [0, 0.05) is 29.0 Å². The Morgan fingerprint density at radius 1 is 1.15 bits per heavy atom. The first-order valence-electron chi connectivity index (χ1n) is 9.11. The maximum Gasteiger partial charge on any atom is 0.223 e. The van der Waals surface area contributed by atoms with E-state index in [9.17, 15) is 0 Å². The van der Waals surface area contributed by atoms with Crippen LogP contribution in [0.15, 0.2) is 42.7 Å². The maximum atomic E-state index is 6.10. The van der Waals surface area contributed by atoms with E-state index in [0.717, 1.165) is 22.6 Å². The minimum atomic E-state index is 0.481. The van der Waals surface area contributed by atoms with Crippen LogP contribution in [0.2, 0.25) is 5.02 Å². The summed E-state index contributed by atoms with van der Waals surface area (Å²) in [6.45, 7) is 1.99. The van der Waals surface area contributed by atoms with E-state index in [1.807, 2.05) is 54.3 Å². The molecule has 134 valence electrons. The SMILES string of the molecule is Cc1nn(-c2cccc(Cl)c2)cc1-c1ccnc(NC2CCCCC2)n1. The fourth-order valence-corrected chi connectivity index (χ4v) is 3.65. The lowest BCUT2D eigenvalue weighted by molar-refractivity contribution is 0.461. The highest BCUT2D eigenvalue weighted by Gasteiger charge is 2.15. The van der Waals surface area contributed by atoms with Crippen LogP contribution in [-0.4, -0.2) is 25.8 Å². The van der Waals surface area contributed by atoms with Crippen LogP contribution >= 0.6 is 11.6 Å². The lowest BCUT2D eigenvalue weighted by Crippen LogP contribution is -2.23. The van der Waals surface area contributed by atoms with E-state index in [1.54, 1.807) is 0 Å². The predicted molar refractivity (Wildman–Crippen MR) is 105 cm³/mol. The molecular weight excluding hydrogens is 346 g/mol. The van der Waals surface area contributed by atoms with Gasteiger partial charge < -0.3 is 5.32 Å². The first kappa shape index (κ1) is 17.0. The van der Waals surface area contributed by atoms with Crippen molar-refractivity contribution in [3.8, 4) is 16.9 Å². The molecule has 2 aromatic heterocycles. The molecule has 2 heterocycles. The number of hydrogen-bond donors (Lipinski definition) is 1. The maximum absolute atomic E-state index is 6.10. The Hall–Kier alpha value is -2.40. The van der Waals surface area contributed by atoms with Gasteiger partial charge in [-0.3, -0.25) is 0 Å². The number of anilines is 1. The number of hydrogen-bond acceptors (Lipinski definition) is 4. The monoisotopic (exact) mass is 367 g/mol. The number of benzene rings is 1. The van der Waals surface area contributed by atoms with E-state index in [-0.39, 0.29) is 0 Å². The number of aromatic nitrogens is 4. The Kier molecular flexibility index (Phi) is 4.89. The van der Waals surface area contributed by atoms with Crippen LogP contribution in [0.5, 0.6) is 0 Å². The summed E-state index contributed by atoms with van der Waals surface area (Å²) in [6.07, 6.45) is 10.1. The summed E-state index contributed by atoms with van der Waals surface area (Å²) in [5.41, 5.74) is 3.73. The van der Waals surface area contributed by atoms with E-state index in [1.165, 1.54) is 32.1 Å². The first-order valence-corrected chi connectivity index (χ1v) is 9.49. The van der Waals surface area contributed by atoms with E-state index in [0.29, 0.717) is 17.0 Å². The summed E-state index contributed by atoms with van der Waals surface area (Å²) in [6, 6.07) is 10.1. The van der Waals surface area contributed by atoms with Gasteiger partial charge in [0.25, 0.3) is 0 Å². The molecule has 0 radical (unpaired) electrons. The largest absolute Gasteiger partial charge is 0.351 e. The minimum Gasteiger partial charge on any atom is -0.351 e. The Bertz CT molecular complexity index is 899. The molecular formula is C20H22ClN5. The molecule has 1 aromatic carbocycles. The van der Waals surface area contributed by atoms with Crippen LogP contribution in [0.4, 0.5) is 5.95 Å². The highest BCUT2D eigenvalue weighted by atomic mass is 35.5. The molecule has 0 atom stereocenters. The fourth-order valence-electron chi connectivity index (χ4n) is 3.47. The molecule has 5 nitrogen and oxygen atoms in total. The molecule has 6 heteroatoms. The zero-order chi connectivity index (χ0) is 17.9. The molecule has 1 fully saturated rings. The van der Waals surface area contributed by atoms with Gasteiger partial charge in [0.1, 0.15) is 0 Å². The Labute approximate surface area is 158 Å². The van der Waals surface area contributed by atoms with Crippen molar-refractivity contribution in [2.45, 2.75) is 45.1 Å². The molecule has 0 amide bonds. The lowest BCUT2D eigenvalue weighted by Gasteiger charge is -2.22. The second kappa shape index (κ2) is 7.46. The van der Waals surface area contributed by atoms with E-state index in [4.69, 9.17) is 16.6 Å². The van der Waals surface area contributed by atoms with Crippen LogP contribution in [-0.2, 0) is 0 Å². The van der Waals surface area contributed by atoms with Crippen molar-refractivity contribution in [2.75, 3.05) is 5.32 Å². The van der Waals surface area contributed by atoms with E-state index >= 15 is 0 Å². The van der Waals surface area contributed by atoms with Gasteiger partial charge >= 0.3 is 0 Å². The van der Waals surface area contributed by atoms with Crippen molar-refractivity contribution in [3.05, 3.63) is 53.4 Å². The number of rotatable bonds is 4. The van der Waals surface area contributed by atoms with Crippen molar-refractivity contribution in [2.24, 2.45) is 0 Å². The molecule has 0 saturated heterocycles. The van der Waals surface area contributed by atoms with Crippen molar-refractivity contribution in [1.29, 1.82) is 0 Å². The topological polar surface area (TPSA) is 55.6 Å². The average molecular weight is 368 g/mol. The normalized spacial score (nSPS) is 15.2. The highest BCUT2D eigenvalue weighted by Crippen LogP contribution is 2.25. The second-order valence-electron chi connectivity index (χ2n) is 6.80. The third kappa shape index (κ3) is 3.73. The summed E-state index contributed by atoms with van der Waals surface area (Å²) in [4.78, 5) is 9.12. The number of halogens is 1. The molecule has 0 unspecified atom stereocenters. The third-order valence-electron chi connectivity index (χ3n) is 4.84. The Balaban J connectivity index is 1.60. The summed E-state index contributed by atoms with van der Waals surface area (Å²) < 4.78 is 1.84. The summed E-state index contributed by atoms with van der Waals surface area (Å²) in [5, 5.41) is 8.80. The van der Waals surface area contributed by atoms with Crippen molar-refractivity contribution in [1.82, 2.24) is 19.7 Å².